The molecule has 2 N–H and O–H groups in total. The molecule has 0 bridgehead atoms. The van der Waals surface area contributed by atoms with Crippen LogP contribution in [0.1, 0.15) is 102 Å². The van der Waals surface area contributed by atoms with Crippen molar-refractivity contribution >= 4 is 11.4 Å². The first-order chi connectivity index (χ1) is 16.2. The molecule has 2 heteroatoms. The molecular weight excluding hydrogens is 436 g/mol. The lowest BCUT2D eigenvalue weighted by Gasteiger charge is -2.34. The molecule has 0 saturated heterocycles. The highest BCUT2D eigenvalue weighted by Gasteiger charge is 2.29. The highest BCUT2D eigenvalue weighted by atomic mass is 15.0. The molecule has 0 aliphatic carbocycles. The lowest BCUT2D eigenvalue weighted by atomic mass is 9.71. The topological polar surface area (TPSA) is 24.1 Å². The Bertz CT molecular complexity index is 910. The Hall–Kier alpha value is -1.96. The van der Waals surface area contributed by atoms with Crippen molar-refractivity contribution in [2.45, 2.75) is 107 Å². The van der Waals surface area contributed by atoms with Crippen LogP contribution in [-0.2, 0) is 10.8 Å². The Kier molecular flexibility index (Phi) is 9.08. The first kappa shape index (κ1) is 30.3. The monoisotopic (exact) mass is 488 g/mol. The van der Waals surface area contributed by atoms with E-state index in [-0.39, 0.29) is 21.7 Å². The number of hydrogen-bond donors (Lipinski definition) is 2. The van der Waals surface area contributed by atoms with Gasteiger partial charge in [0, 0.05) is 24.5 Å². The molecule has 0 amide bonds. The molecule has 36 heavy (non-hydrogen) atoms. The number of rotatable bonds is 11. The van der Waals surface area contributed by atoms with Crippen LogP contribution in [0.2, 0.25) is 0 Å². The van der Waals surface area contributed by atoms with Crippen LogP contribution in [0.15, 0.2) is 24.3 Å². The molecule has 0 atom stereocenters. The fraction of sp³-hybridized carbons (Fsp3) is 0.588. The normalized spacial score (nSPS) is 13.2. The molecule has 0 aromatic heterocycles. The standard InChI is InChI=1S/C34H52N2/c1-23-17-27(33(11,12)21-31(5,6)7)18-24(2)29(23)35-15-16-36-30-25(3)19-28(20-26(30)4)34(13,14)22-32(8,9)10/h5,8,17-20,35-36H,15-16,21-22H2,1-4,6-7,9-14H3. The summed E-state index contributed by atoms with van der Waals surface area (Å²) in [6.45, 7) is 40.8. The van der Waals surface area contributed by atoms with Gasteiger partial charge in [-0.1, -0.05) is 79.7 Å². The SMILES string of the molecule is [CH]C(C)(C)CC(C)(C)c1cc(C)c(NCCNc2c(C)cc(C(C)(C)CC([CH])(C)C)cc2C)c(C)c1. The summed E-state index contributed by atoms with van der Waals surface area (Å²) in [6, 6.07) is 9.30. The van der Waals surface area contributed by atoms with Gasteiger partial charge in [0.1, 0.15) is 0 Å². The zero-order chi connectivity index (χ0) is 27.7. The third-order valence-electron chi connectivity index (χ3n) is 7.15. The highest BCUT2D eigenvalue weighted by Crippen LogP contribution is 2.39. The molecule has 2 aromatic carbocycles. The van der Waals surface area contributed by atoms with Gasteiger partial charge in [-0.15, -0.1) is 0 Å². The van der Waals surface area contributed by atoms with Crippen LogP contribution in [0, 0.1) is 52.4 Å². The van der Waals surface area contributed by atoms with E-state index in [0.717, 1.165) is 25.9 Å². The molecule has 0 unspecified atom stereocenters. The van der Waals surface area contributed by atoms with Gasteiger partial charge in [0.25, 0.3) is 0 Å². The van der Waals surface area contributed by atoms with Gasteiger partial charge in [0.05, 0.1) is 0 Å². The van der Waals surface area contributed by atoms with E-state index in [0.29, 0.717) is 0 Å². The second-order valence-corrected chi connectivity index (χ2v) is 13.9. The van der Waals surface area contributed by atoms with Crippen molar-refractivity contribution in [3.63, 3.8) is 0 Å². The van der Waals surface area contributed by atoms with Crippen molar-refractivity contribution in [2.24, 2.45) is 10.8 Å². The van der Waals surface area contributed by atoms with Crippen molar-refractivity contribution in [3.8, 4) is 0 Å². The zero-order valence-electron chi connectivity index (χ0n) is 25.3. The van der Waals surface area contributed by atoms with Crippen molar-refractivity contribution in [1.82, 2.24) is 0 Å². The largest absolute Gasteiger partial charge is 0.383 e. The number of nitrogens with one attached hydrogen (secondary N) is 2. The Morgan fingerprint density at radius 2 is 0.778 bits per heavy atom. The van der Waals surface area contributed by atoms with Crippen LogP contribution in [0.3, 0.4) is 0 Å². The van der Waals surface area contributed by atoms with E-state index in [4.69, 9.17) is 13.8 Å². The van der Waals surface area contributed by atoms with Crippen LogP contribution in [0.25, 0.3) is 0 Å². The van der Waals surface area contributed by atoms with E-state index < -0.39 is 0 Å². The van der Waals surface area contributed by atoms with Crippen molar-refractivity contribution in [3.05, 3.63) is 71.5 Å². The van der Waals surface area contributed by atoms with Gasteiger partial charge >= 0.3 is 0 Å². The smallest absolute Gasteiger partial charge is 0.0400 e. The highest BCUT2D eigenvalue weighted by molar-refractivity contribution is 5.61. The maximum Gasteiger partial charge on any atom is 0.0400 e. The van der Waals surface area contributed by atoms with Crippen LogP contribution < -0.4 is 10.6 Å². The van der Waals surface area contributed by atoms with Crippen molar-refractivity contribution < 1.29 is 0 Å². The van der Waals surface area contributed by atoms with Crippen LogP contribution >= 0.6 is 0 Å². The number of anilines is 2. The summed E-state index contributed by atoms with van der Waals surface area (Å²) in [5.41, 5.74) is 10.00. The minimum Gasteiger partial charge on any atom is -0.383 e. The first-order valence-electron chi connectivity index (χ1n) is 13.5. The quantitative estimate of drug-likeness (QED) is 0.308. The summed E-state index contributed by atoms with van der Waals surface area (Å²) < 4.78 is 0. The lowest BCUT2D eigenvalue weighted by Crippen LogP contribution is -2.25. The van der Waals surface area contributed by atoms with E-state index >= 15 is 0 Å². The van der Waals surface area contributed by atoms with E-state index in [9.17, 15) is 0 Å². The third kappa shape index (κ3) is 8.29. The Balaban J connectivity index is 2.08. The summed E-state index contributed by atoms with van der Waals surface area (Å²) >= 11 is 0. The second kappa shape index (κ2) is 10.8. The van der Waals surface area contributed by atoms with Gasteiger partial charge < -0.3 is 10.6 Å². The summed E-state index contributed by atoms with van der Waals surface area (Å²) in [7, 11) is 0. The predicted molar refractivity (Wildman–Crippen MR) is 160 cm³/mol. The minimum absolute atomic E-state index is 0.0313. The molecule has 0 heterocycles. The van der Waals surface area contributed by atoms with E-state index in [1.165, 1.54) is 44.8 Å². The molecule has 4 radical (unpaired) electrons. The average Bonchev–Trinajstić information content (AvgIpc) is 2.64. The summed E-state index contributed by atoms with van der Waals surface area (Å²) in [6.07, 6.45) is 1.88. The maximum atomic E-state index is 6.34. The zero-order valence-corrected chi connectivity index (χ0v) is 25.3. The fourth-order valence-corrected chi connectivity index (χ4v) is 6.12. The fourth-order valence-electron chi connectivity index (χ4n) is 6.12. The molecule has 2 aromatic rings. The van der Waals surface area contributed by atoms with Gasteiger partial charge in [-0.2, -0.15) is 0 Å². The van der Waals surface area contributed by atoms with Gasteiger partial charge in [0.15, 0.2) is 0 Å². The van der Waals surface area contributed by atoms with Crippen molar-refractivity contribution in [2.75, 3.05) is 23.7 Å². The number of benzene rings is 2. The molecule has 0 fully saturated rings. The molecule has 0 aliphatic rings. The maximum absolute atomic E-state index is 6.34. The first-order valence-corrected chi connectivity index (χ1v) is 13.5. The minimum atomic E-state index is -0.195. The molecule has 2 rings (SSSR count). The second-order valence-electron chi connectivity index (χ2n) is 13.9. The summed E-state index contributed by atoms with van der Waals surface area (Å²) in [5.74, 6) is 0. The van der Waals surface area contributed by atoms with Crippen molar-refractivity contribution in [1.29, 1.82) is 0 Å². The molecule has 0 spiro atoms. The number of aryl methyl sites for hydroxylation is 4. The van der Waals surface area contributed by atoms with Crippen LogP contribution in [0.4, 0.5) is 11.4 Å². The van der Waals surface area contributed by atoms with Gasteiger partial charge in [-0.3, -0.25) is 0 Å². The molecule has 198 valence electrons. The Morgan fingerprint density at radius 1 is 0.528 bits per heavy atom. The molecular formula is C34H52N2. The summed E-state index contributed by atoms with van der Waals surface area (Å²) in [5, 5.41) is 7.36. The van der Waals surface area contributed by atoms with Gasteiger partial charge in [0.2, 0.25) is 0 Å². The van der Waals surface area contributed by atoms with Gasteiger partial charge in [-0.05, 0) is 109 Å². The average molecular weight is 489 g/mol. The predicted octanol–water partition coefficient (Wildman–Crippen LogP) is 9.25. The third-order valence-corrected chi connectivity index (χ3v) is 7.15. The number of hydrogen-bond acceptors (Lipinski definition) is 2. The Labute approximate surface area is 224 Å². The summed E-state index contributed by atoms with van der Waals surface area (Å²) in [4.78, 5) is 0. The van der Waals surface area contributed by atoms with Crippen LogP contribution in [-0.4, -0.2) is 13.1 Å². The lowest BCUT2D eigenvalue weighted by molar-refractivity contribution is 0.317. The van der Waals surface area contributed by atoms with E-state index in [1.54, 1.807) is 0 Å². The van der Waals surface area contributed by atoms with Gasteiger partial charge in [-0.25, -0.2) is 0 Å². The molecule has 2 nitrogen and oxygen atoms in total. The molecule has 0 saturated carbocycles. The van der Waals surface area contributed by atoms with E-state index in [2.05, 4.69) is 118 Å². The Morgan fingerprint density at radius 3 is 1.00 bits per heavy atom. The van der Waals surface area contributed by atoms with E-state index in [1.807, 2.05) is 0 Å². The molecule has 0 aliphatic heterocycles. The van der Waals surface area contributed by atoms with Crippen LogP contribution in [0.5, 0.6) is 0 Å².